The van der Waals surface area contributed by atoms with Gasteiger partial charge in [-0.15, -0.1) is 11.3 Å². The molecule has 0 saturated carbocycles. The van der Waals surface area contributed by atoms with Crippen molar-refractivity contribution in [2.45, 2.75) is 37.1 Å². The molecule has 0 spiro atoms. The SMILES string of the molecule is COc1ccccc1C1(CC(=O)N2CCCC2c2nc3ccccc3s2)CC(=O)N(C)C1=O. The zero-order valence-electron chi connectivity index (χ0n) is 18.6. The summed E-state index contributed by atoms with van der Waals surface area (Å²) in [5.41, 5.74) is 0.246. The van der Waals surface area contributed by atoms with E-state index in [0.29, 0.717) is 17.9 Å². The second-order valence-electron chi connectivity index (χ2n) is 8.66. The van der Waals surface area contributed by atoms with Crippen LogP contribution in [-0.2, 0) is 19.8 Å². The summed E-state index contributed by atoms with van der Waals surface area (Å²) in [6, 6.07) is 15.0. The molecular weight excluding hydrogens is 438 g/mol. The zero-order valence-corrected chi connectivity index (χ0v) is 19.4. The first-order valence-electron chi connectivity index (χ1n) is 11.0. The Balaban J connectivity index is 1.50. The number of thiazole rings is 1. The number of para-hydroxylation sites is 2. The van der Waals surface area contributed by atoms with E-state index in [4.69, 9.17) is 9.72 Å². The van der Waals surface area contributed by atoms with E-state index < -0.39 is 5.41 Å². The lowest BCUT2D eigenvalue weighted by atomic mass is 9.75. The molecule has 2 aliphatic heterocycles. The summed E-state index contributed by atoms with van der Waals surface area (Å²) in [6.45, 7) is 0.611. The summed E-state index contributed by atoms with van der Waals surface area (Å²) >= 11 is 1.61. The molecule has 2 aromatic carbocycles. The van der Waals surface area contributed by atoms with Crippen molar-refractivity contribution in [1.29, 1.82) is 0 Å². The Morgan fingerprint density at radius 2 is 1.94 bits per heavy atom. The molecule has 7 nitrogen and oxygen atoms in total. The highest BCUT2D eigenvalue weighted by Gasteiger charge is 2.54. The number of likely N-dealkylation sites (N-methyl/N-ethyl adjacent to an activating group) is 1. The molecule has 0 bridgehead atoms. The maximum atomic E-state index is 13.7. The molecule has 1 aromatic heterocycles. The average Bonchev–Trinajstić information content (AvgIpc) is 3.53. The van der Waals surface area contributed by atoms with Gasteiger partial charge < -0.3 is 9.64 Å². The number of rotatable bonds is 5. The molecule has 0 N–H and O–H groups in total. The van der Waals surface area contributed by atoms with Gasteiger partial charge in [0.15, 0.2) is 0 Å². The normalized spacial score (nSPS) is 23.0. The number of ether oxygens (including phenoxy) is 1. The number of imide groups is 1. The number of benzene rings is 2. The lowest BCUT2D eigenvalue weighted by Gasteiger charge is -2.31. The average molecular weight is 464 g/mol. The molecule has 2 atom stereocenters. The molecule has 3 amide bonds. The molecule has 170 valence electrons. The van der Waals surface area contributed by atoms with Crippen LogP contribution in [0.15, 0.2) is 48.5 Å². The summed E-state index contributed by atoms with van der Waals surface area (Å²) < 4.78 is 6.61. The molecule has 3 heterocycles. The van der Waals surface area contributed by atoms with E-state index in [1.165, 1.54) is 14.2 Å². The van der Waals surface area contributed by atoms with Gasteiger partial charge in [-0.2, -0.15) is 0 Å². The number of nitrogens with zero attached hydrogens (tertiary/aromatic N) is 3. The van der Waals surface area contributed by atoms with E-state index in [1.54, 1.807) is 29.5 Å². The molecule has 2 unspecified atom stereocenters. The number of hydrogen-bond donors (Lipinski definition) is 0. The van der Waals surface area contributed by atoms with Crippen molar-refractivity contribution in [3.8, 4) is 5.75 Å². The molecule has 2 aliphatic rings. The lowest BCUT2D eigenvalue weighted by molar-refractivity contribution is -0.141. The number of likely N-dealkylation sites (tertiary alicyclic amines) is 2. The minimum Gasteiger partial charge on any atom is -0.496 e. The van der Waals surface area contributed by atoms with Crippen LogP contribution in [0, 0.1) is 0 Å². The highest BCUT2D eigenvalue weighted by Crippen LogP contribution is 2.45. The van der Waals surface area contributed by atoms with E-state index >= 15 is 0 Å². The molecule has 0 aliphatic carbocycles. The first kappa shape index (κ1) is 21.6. The van der Waals surface area contributed by atoms with Crippen molar-refractivity contribution < 1.29 is 19.1 Å². The van der Waals surface area contributed by atoms with E-state index in [1.807, 2.05) is 35.2 Å². The molecule has 0 radical (unpaired) electrons. The predicted octanol–water partition coefficient (Wildman–Crippen LogP) is 3.69. The fraction of sp³-hybridized carbons (Fsp3) is 0.360. The Morgan fingerprint density at radius 3 is 2.67 bits per heavy atom. The van der Waals surface area contributed by atoms with Crippen LogP contribution < -0.4 is 4.74 Å². The van der Waals surface area contributed by atoms with Crippen molar-refractivity contribution in [2.24, 2.45) is 0 Å². The fourth-order valence-corrected chi connectivity index (χ4v) is 6.20. The van der Waals surface area contributed by atoms with Crippen molar-refractivity contribution in [2.75, 3.05) is 20.7 Å². The summed E-state index contributed by atoms with van der Waals surface area (Å²) in [4.78, 5) is 47.5. The molecule has 5 rings (SSSR count). The van der Waals surface area contributed by atoms with Crippen LogP contribution in [0.25, 0.3) is 10.2 Å². The van der Waals surface area contributed by atoms with Crippen molar-refractivity contribution in [3.05, 3.63) is 59.1 Å². The van der Waals surface area contributed by atoms with Gasteiger partial charge in [-0.1, -0.05) is 30.3 Å². The van der Waals surface area contributed by atoms with Crippen LogP contribution in [0.3, 0.4) is 0 Å². The van der Waals surface area contributed by atoms with Crippen molar-refractivity contribution >= 4 is 39.3 Å². The number of carbonyl (C=O) groups excluding carboxylic acids is 3. The molecule has 8 heteroatoms. The first-order chi connectivity index (χ1) is 15.9. The maximum Gasteiger partial charge on any atom is 0.240 e. The van der Waals surface area contributed by atoms with Crippen LogP contribution in [0.4, 0.5) is 0 Å². The zero-order chi connectivity index (χ0) is 23.2. The Kier molecular flexibility index (Phi) is 5.40. The van der Waals surface area contributed by atoms with Gasteiger partial charge in [0.05, 0.1) is 28.8 Å². The second kappa shape index (κ2) is 8.26. The number of methoxy groups -OCH3 is 1. The molecule has 33 heavy (non-hydrogen) atoms. The molecule has 2 fully saturated rings. The smallest absolute Gasteiger partial charge is 0.240 e. The van der Waals surface area contributed by atoms with Crippen molar-refractivity contribution in [3.63, 3.8) is 0 Å². The highest BCUT2D eigenvalue weighted by atomic mass is 32.1. The number of amides is 3. The Morgan fingerprint density at radius 1 is 1.18 bits per heavy atom. The summed E-state index contributed by atoms with van der Waals surface area (Å²) in [5, 5.41) is 0.916. The summed E-state index contributed by atoms with van der Waals surface area (Å²) in [7, 11) is 3.01. The first-order valence-corrected chi connectivity index (χ1v) is 11.9. The Hall–Kier alpha value is -3.26. The number of carbonyl (C=O) groups is 3. The molecular formula is C25H25N3O4S. The summed E-state index contributed by atoms with van der Waals surface area (Å²) in [6.07, 6.45) is 1.58. The quantitative estimate of drug-likeness (QED) is 0.539. The minimum absolute atomic E-state index is 0.0475. The highest BCUT2D eigenvalue weighted by molar-refractivity contribution is 7.18. The third-order valence-electron chi connectivity index (χ3n) is 6.79. The lowest BCUT2D eigenvalue weighted by Crippen LogP contribution is -2.42. The molecule has 2 saturated heterocycles. The third-order valence-corrected chi connectivity index (χ3v) is 7.92. The second-order valence-corrected chi connectivity index (χ2v) is 9.72. The van der Waals surface area contributed by atoms with Gasteiger partial charge in [-0.05, 0) is 31.0 Å². The van der Waals surface area contributed by atoms with Gasteiger partial charge in [0, 0.05) is 32.0 Å². The topological polar surface area (TPSA) is 79.8 Å². The van der Waals surface area contributed by atoms with Crippen LogP contribution in [0.2, 0.25) is 0 Å². The van der Waals surface area contributed by atoms with E-state index in [9.17, 15) is 14.4 Å². The largest absolute Gasteiger partial charge is 0.496 e. The predicted molar refractivity (Wildman–Crippen MR) is 125 cm³/mol. The van der Waals surface area contributed by atoms with Gasteiger partial charge in [0.25, 0.3) is 0 Å². The van der Waals surface area contributed by atoms with E-state index in [0.717, 1.165) is 33.0 Å². The van der Waals surface area contributed by atoms with Crippen molar-refractivity contribution in [1.82, 2.24) is 14.8 Å². The van der Waals surface area contributed by atoms with E-state index in [2.05, 4.69) is 0 Å². The van der Waals surface area contributed by atoms with Gasteiger partial charge >= 0.3 is 0 Å². The number of hydrogen-bond acceptors (Lipinski definition) is 6. The maximum absolute atomic E-state index is 13.7. The van der Waals surface area contributed by atoms with Gasteiger partial charge in [0.1, 0.15) is 10.8 Å². The van der Waals surface area contributed by atoms with Crippen LogP contribution in [0.1, 0.15) is 42.3 Å². The number of aromatic nitrogens is 1. The standard InChI is InChI=1S/C25H25N3O4S/c1-27-21(29)14-25(24(27)31,16-8-3-5-11-19(16)32-2)15-22(30)28-13-7-10-18(28)23-26-17-9-4-6-12-20(17)33-23/h3-6,8-9,11-12,18H,7,10,13-15H2,1-2H3. The van der Waals surface area contributed by atoms with E-state index in [-0.39, 0.29) is 36.6 Å². The van der Waals surface area contributed by atoms with Gasteiger partial charge in [-0.3, -0.25) is 19.3 Å². The monoisotopic (exact) mass is 463 g/mol. The van der Waals surface area contributed by atoms with Gasteiger partial charge in [0.2, 0.25) is 17.7 Å². The number of fused-ring (bicyclic) bond motifs is 1. The summed E-state index contributed by atoms with van der Waals surface area (Å²) in [5.74, 6) is -0.283. The van der Waals surface area contributed by atoms with Crippen LogP contribution in [-0.4, -0.2) is 53.2 Å². The molecule has 3 aromatic rings. The fourth-order valence-electron chi connectivity index (χ4n) is 5.08. The van der Waals surface area contributed by atoms with Crippen LogP contribution in [0.5, 0.6) is 5.75 Å². The third kappa shape index (κ3) is 3.49. The Labute approximate surface area is 196 Å². The Bertz CT molecular complexity index is 1220. The minimum atomic E-state index is -1.27. The van der Waals surface area contributed by atoms with Gasteiger partial charge in [-0.25, -0.2) is 4.98 Å². The van der Waals surface area contributed by atoms with Crippen LogP contribution >= 0.6 is 11.3 Å².